The quantitative estimate of drug-likeness (QED) is 0.584. The van der Waals surface area contributed by atoms with Gasteiger partial charge in [-0.25, -0.2) is 9.78 Å². The van der Waals surface area contributed by atoms with Gasteiger partial charge in [-0.3, -0.25) is 5.10 Å². The van der Waals surface area contributed by atoms with E-state index < -0.39 is 5.97 Å². The Morgan fingerprint density at radius 2 is 2.28 bits per heavy atom. The first-order chi connectivity index (χ1) is 12.1. The van der Waals surface area contributed by atoms with E-state index in [-0.39, 0.29) is 6.61 Å². The summed E-state index contributed by atoms with van der Waals surface area (Å²) in [6.45, 7) is 2.02. The summed E-state index contributed by atoms with van der Waals surface area (Å²) in [5, 5.41) is 17.6. The highest BCUT2D eigenvalue weighted by Crippen LogP contribution is 2.36. The van der Waals surface area contributed by atoms with Gasteiger partial charge in [0.05, 0.1) is 12.2 Å². The predicted molar refractivity (Wildman–Crippen MR) is 96.6 cm³/mol. The Kier molecular flexibility index (Phi) is 5.60. The van der Waals surface area contributed by atoms with Gasteiger partial charge in [0.1, 0.15) is 21.8 Å². The van der Waals surface area contributed by atoms with Crippen molar-refractivity contribution in [3.05, 3.63) is 21.8 Å². The Morgan fingerprint density at radius 3 is 2.96 bits per heavy atom. The number of carbonyl (C=O) groups excluding carboxylic acids is 1. The molecule has 25 heavy (non-hydrogen) atoms. The molecule has 1 saturated carbocycles. The van der Waals surface area contributed by atoms with Crippen LogP contribution in [0.15, 0.2) is 5.16 Å². The van der Waals surface area contributed by atoms with Crippen molar-refractivity contribution in [2.24, 2.45) is 0 Å². The lowest BCUT2D eigenvalue weighted by molar-refractivity contribution is 0.0531. The third-order valence-electron chi connectivity index (χ3n) is 4.18. The Balaban J connectivity index is 1.76. The minimum atomic E-state index is -0.446. The second kappa shape index (κ2) is 7.89. The van der Waals surface area contributed by atoms with E-state index in [1.165, 1.54) is 24.6 Å². The smallest absolute Gasteiger partial charge is 0.348 e. The average Bonchev–Trinajstić information content (AvgIpc) is 3.32. The molecule has 2 aromatic rings. The number of H-pyrrole nitrogens is 1. The van der Waals surface area contributed by atoms with Crippen LogP contribution in [0.2, 0.25) is 0 Å². The summed E-state index contributed by atoms with van der Waals surface area (Å²) < 4.78 is 5.06. The van der Waals surface area contributed by atoms with Gasteiger partial charge in [-0.2, -0.15) is 5.26 Å². The van der Waals surface area contributed by atoms with Crippen LogP contribution in [0, 0.1) is 11.3 Å². The number of hydrogen-bond acceptors (Lipinski definition) is 8. The summed E-state index contributed by atoms with van der Waals surface area (Å²) >= 11 is 2.48. The molecule has 2 heterocycles. The van der Waals surface area contributed by atoms with Crippen LogP contribution in [0.3, 0.4) is 0 Å². The summed E-state index contributed by atoms with van der Waals surface area (Å²) in [6, 6.07) is 2.08. The molecule has 0 spiro atoms. The molecule has 1 fully saturated rings. The van der Waals surface area contributed by atoms with Crippen molar-refractivity contribution < 1.29 is 9.53 Å². The van der Waals surface area contributed by atoms with Crippen LogP contribution in [0.4, 0.5) is 5.00 Å². The molecule has 0 radical (unpaired) electrons. The summed E-state index contributed by atoms with van der Waals surface area (Å²) in [4.78, 5) is 17.0. The minimum absolute atomic E-state index is 0.275. The molecule has 0 aliphatic heterocycles. The van der Waals surface area contributed by atoms with Gasteiger partial charge in [0.25, 0.3) is 0 Å². The van der Waals surface area contributed by atoms with E-state index in [9.17, 15) is 10.1 Å². The molecule has 132 valence electrons. The molecule has 2 aromatic heterocycles. The second-order valence-corrected chi connectivity index (χ2v) is 7.75. The zero-order chi connectivity index (χ0) is 17.8. The van der Waals surface area contributed by atoms with Gasteiger partial charge < -0.3 is 10.5 Å². The molecule has 1 aliphatic carbocycles. The predicted octanol–water partition coefficient (Wildman–Crippen LogP) is 3.45. The fourth-order valence-electron chi connectivity index (χ4n) is 2.95. The first kappa shape index (κ1) is 17.8. The molecule has 0 amide bonds. The molecule has 0 aromatic carbocycles. The van der Waals surface area contributed by atoms with Crippen LogP contribution in [0.1, 0.15) is 65.1 Å². The zero-order valence-electron chi connectivity index (χ0n) is 13.9. The number of thioether (sulfide) groups is 1. The third kappa shape index (κ3) is 3.80. The maximum Gasteiger partial charge on any atom is 0.348 e. The van der Waals surface area contributed by atoms with Crippen LogP contribution in [0.5, 0.6) is 0 Å². The lowest BCUT2D eigenvalue weighted by Gasteiger charge is -2.03. The van der Waals surface area contributed by atoms with Crippen LogP contribution in [-0.2, 0) is 10.5 Å². The van der Waals surface area contributed by atoms with Gasteiger partial charge in [0, 0.05) is 17.2 Å². The van der Waals surface area contributed by atoms with Gasteiger partial charge in [-0.15, -0.1) is 16.4 Å². The van der Waals surface area contributed by atoms with Gasteiger partial charge >= 0.3 is 5.97 Å². The topological polar surface area (TPSA) is 118 Å². The number of anilines is 1. The van der Waals surface area contributed by atoms with E-state index in [2.05, 4.69) is 21.3 Å². The highest BCUT2D eigenvalue weighted by Gasteiger charge is 2.24. The van der Waals surface area contributed by atoms with Crippen LogP contribution >= 0.6 is 23.1 Å². The number of nitrogens with one attached hydrogen (secondary N) is 1. The molecule has 7 nitrogen and oxygen atoms in total. The number of thiophene rings is 1. The van der Waals surface area contributed by atoms with Crippen molar-refractivity contribution in [3.63, 3.8) is 0 Å². The summed E-state index contributed by atoms with van der Waals surface area (Å²) in [6.07, 6.45) is 4.75. The maximum atomic E-state index is 12.1. The van der Waals surface area contributed by atoms with E-state index in [4.69, 9.17) is 10.5 Å². The summed E-state index contributed by atoms with van der Waals surface area (Å²) in [5.74, 6) is 1.34. The number of rotatable bonds is 6. The van der Waals surface area contributed by atoms with Gasteiger partial charge in [-0.1, -0.05) is 24.6 Å². The average molecular weight is 377 g/mol. The van der Waals surface area contributed by atoms with E-state index in [0.29, 0.717) is 37.8 Å². The number of nitrogens with two attached hydrogens (primary N) is 1. The number of nitriles is 1. The van der Waals surface area contributed by atoms with Crippen molar-refractivity contribution in [1.29, 1.82) is 5.26 Å². The number of nitrogens with zero attached hydrogens (tertiary/aromatic N) is 3. The molecular weight excluding hydrogens is 358 g/mol. The van der Waals surface area contributed by atoms with E-state index in [1.54, 1.807) is 6.92 Å². The number of nitrogen functional groups attached to an aromatic ring is 1. The number of esters is 1. The summed E-state index contributed by atoms with van der Waals surface area (Å²) in [7, 11) is 0. The molecule has 0 unspecified atom stereocenters. The van der Waals surface area contributed by atoms with Crippen molar-refractivity contribution >= 4 is 34.1 Å². The summed E-state index contributed by atoms with van der Waals surface area (Å²) in [5.41, 5.74) is 6.82. The molecule has 0 bridgehead atoms. The van der Waals surface area contributed by atoms with Gasteiger partial charge in [0.2, 0.25) is 5.16 Å². The second-order valence-electron chi connectivity index (χ2n) is 5.75. The molecule has 0 saturated heterocycles. The van der Waals surface area contributed by atoms with E-state index in [0.717, 1.165) is 30.0 Å². The van der Waals surface area contributed by atoms with Crippen LogP contribution in [-0.4, -0.2) is 27.8 Å². The SMILES string of the molecule is CCOC(=O)c1sc(N)c(C#N)c1CSc1n[nH]c(C2CCCC2)n1. The van der Waals surface area contributed by atoms with Crippen molar-refractivity contribution in [2.75, 3.05) is 12.3 Å². The monoisotopic (exact) mass is 377 g/mol. The number of aromatic amines is 1. The number of hydrogen-bond donors (Lipinski definition) is 2. The van der Waals surface area contributed by atoms with Crippen molar-refractivity contribution in [2.45, 2.75) is 49.4 Å². The molecule has 0 atom stereocenters. The molecule has 3 N–H and O–H groups in total. The van der Waals surface area contributed by atoms with E-state index in [1.807, 2.05) is 0 Å². The number of ether oxygens (including phenoxy) is 1. The highest BCUT2D eigenvalue weighted by molar-refractivity contribution is 7.98. The number of carbonyl (C=O) groups is 1. The highest BCUT2D eigenvalue weighted by atomic mass is 32.2. The Morgan fingerprint density at radius 1 is 1.52 bits per heavy atom. The van der Waals surface area contributed by atoms with Crippen molar-refractivity contribution in [3.8, 4) is 6.07 Å². The minimum Gasteiger partial charge on any atom is -0.462 e. The fourth-order valence-corrected chi connectivity index (χ4v) is 4.80. The maximum absolute atomic E-state index is 12.1. The van der Waals surface area contributed by atoms with Crippen LogP contribution in [0.25, 0.3) is 0 Å². The lowest BCUT2D eigenvalue weighted by atomic mass is 10.1. The van der Waals surface area contributed by atoms with Gasteiger partial charge in [0.15, 0.2) is 0 Å². The third-order valence-corrected chi connectivity index (χ3v) is 6.09. The molecular formula is C16H19N5O2S2. The Labute approximate surface area is 154 Å². The van der Waals surface area contributed by atoms with Crippen LogP contribution < -0.4 is 5.73 Å². The van der Waals surface area contributed by atoms with Gasteiger partial charge in [-0.05, 0) is 19.8 Å². The molecule has 1 aliphatic rings. The lowest BCUT2D eigenvalue weighted by Crippen LogP contribution is -2.05. The fraction of sp³-hybridized carbons (Fsp3) is 0.500. The standard InChI is InChI=1S/C16H19N5O2S2/c1-2-23-15(22)12-11(10(7-17)13(18)25-12)8-24-16-19-14(20-21-16)9-5-3-4-6-9/h9H,2-6,8,18H2,1H3,(H,19,20,21). The van der Waals surface area contributed by atoms with E-state index >= 15 is 0 Å². The number of aromatic nitrogens is 3. The molecule has 9 heteroatoms. The Bertz CT molecular complexity index is 802. The zero-order valence-corrected chi connectivity index (χ0v) is 15.5. The first-order valence-electron chi connectivity index (χ1n) is 8.17. The Hall–Kier alpha value is -2.05. The first-order valence-corrected chi connectivity index (χ1v) is 9.97. The largest absolute Gasteiger partial charge is 0.462 e. The molecule has 3 rings (SSSR count). The normalized spacial score (nSPS) is 14.6. The van der Waals surface area contributed by atoms with Crippen molar-refractivity contribution in [1.82, 2.24) is 15.2 Å².